The zero-order valence-corrected chi connectivity index (χ0v) is 13.0. The number of carbonyl (C=O) groups is 1. The van der Waals surface area contributed by atoms with Crippen molar-refractivity contribution in [3.63, 3.8) is 0 Å². The van der Waals surface area contributed by atoms with Crippen LogP contribution in [0.2, 0.25) is 10.0 Å². The molecule has 0 N–H and O–H groups in total. The van der Waals surface area contributed by atoms with Gasteiger partial charge < -0.3 is 0 Å². The number of carbonyl (C=O) groups excluding carboxylic acids is 1. The van der Waals surface area contributed by atoms with Gasteiger partial charge in [0.2, 0.25) is 0 Å². The number of hydrogen-bond acceptors (Lipinski definition) is 1. The molecule has 3 heteroatoms. The highest BCUT2D eigenvalue weighted by molar-refractivity contribution is 6.42. The Morgan fingerprint density at radius 1 is 0.950 bits per heavy atom. The highest BCUT2D eigenvalue weighted by Gasteiger charge is 2.11. The predicted molar refractivity (Wildman–Crippen MR) is 84.9 cm³/mol. The Labute approximate surface area is 129 Å². The van der Waals surface area contributed by atoms with Gasteiger partial charge >= 0.3 is 0 Å². The average Bonchev–Trinajstić information content (AvgIpc) is 2.41. The number of hydrogen-bond donors (Lipinski definition) is 0. The molecule has 0 aliphatic rings. The molecule has 0 amide bonds. The lowest BCUT2D eigenvalue weighted by Gasteiger charge is -2.07. The second-order valence-electron chi connectivity index (χ2n) is 5.25. The molecule has 0 aliphatic carbocycles. The zero-order valence-electron chi connectivity index (χ0n) is 11.5. The van der Waals surface area contributed by atoms with Crippen LogP contribution in [0.1, 0.15) is 35.3 Å². The van der Waals surface area contributed by atoms with Crippen LogP contribution in [-0.2, 0) is 6.42 Å². The van der Waals surface area contributed by atoms with Gasteiger partial charge in [-0.2, -0.15) is 0 Å². The lowest BCUT2D eigenvalue weighted by Crippen LogP contribution is -2.02. The van der Waals surface area contributed by atoms with E-state index in [9.17, 15) is 4.79 Å². The second-order valence-corrected chi connectivity index (χ2v) is 6.07. The molecule has 0 saturated heterocycles. The molecule has 0 saturated carbocycles. The summed E-state index contributed by atoms with van der Waals surface area (Å²) in [5, 5.41) is 0.851. The van der Waals surface area contributed by atoms with Crippen LogP contribution in [0.5, 0.6) is 0 Å². The molecular weight excluding hydrogens is 291 g/mol. The van der Waals surface area contributed by atoms with Crippen LogP contribution in [0.15, 0.2) is 42.5 Å². The van der Waals surface area contributed by atoms with Crippen LogP contribution in [0.25, 0.3) is 0 Å². The highest BCUT2D eigenvalue weighted by atomic mass is 35.5. The normalized spacial score (nSPS) is 10.8. The van der Waals surface area contributed by atoms with Crippen molar-refractivity contribution in [1.29, 1.82) is 0 Å². The molecule has 104 valence electrons. The van der Waals surface area contributed by atoms with Crippen LogP contribution in [0, 0.1) is 5.92 Å². The summed E-state index contributed by atoms with van der Waals surface area (Å²) in [7, 11) is 0. The fourth-order valence-electron chi connectivity index (χ4n) is 2.07. The van der Waals surface area contributed by atoms with Crippen molar-refractivity contribution in [1.82, 2.24) is 0 Å². The number of rotatable bonds is 4. The third-order valence-corrected chi connectivity index (χ3v) is 3.78. The fraction of sp³-hybridized carbons (Fsp3) is 0.235. The Kier molecular flexibility index (Phi) is 4.85. The van der Waals surface area contributed by atoms with Gasteiger partial charge in [-0.1, -0.05) is 61.3 Å². The van der Waals surface area contributed by atoms with Gasteiger partial charge in [-0.15, -0.1) is 0 Å². The van der Waals surface area contributed by atoms with Crippen molar-refractivity contribution in [2.45, 2.75) is 20.3 Å². The lowest BCUT2D eigenvalue weighted by atomic mass is 9.98. The summed E-state index contributed by atoms with van der Waals surface area (Å²) in [6, 6.07) is 12.7. The summed E-state index contributed by atoms with van der Waals surface area (Å²) in [5.41, 5.74) is 2.46. The lowest BCUT2D eigenvalue weighted by molar-refractivity contribution is 0.103. The maximum atomic E-state index is 12.3. The number of ketones is 1. The third-order valence-electron chi connectivity index (χ3n) is 3.04. The van der Waals surface area contributed by atoms with E-state index >= 15 is 0 Å². The average molecular weight is 307 g/mol. The summed E-state index contributed by atoms with van der Waals surface area (Å²) >= 11 is 11.8. The molecule has 0 aromatic heterocycles. The summed E-state index contributed by atoms with van der Waals surface area (Å²) < 4.78 is 0. The summed E-state index contributed by atoms with van der Waals surface area (Å²) in [6.07, 6.45) is 1.02. The van der Waals surface area contributed by atoms with Gasteiger partial charge in [0.15, 0.2) is 5.78 Å². The first-order chi connectivity index (χ1) is 9.47. The fourth-order valence-corrected chi connectivity index (χ4v) is 2.37. The molecule has 0 spiro atoms. The monoisotopic (exact) mass is 306 g/mol. The number of halogens is 2. The molecule has 1 nitrogen and oxygen atoms in total. The van der Waals surface area contributed by atoms with Gasteiger partial charge in [0, 0.05) is 11.1 Å². The minimum absolute atomic E-state index is 0.0420. The van der Waals surface area contributed by atoms with Crippen LogP contribution in [0.4, 0.5) is 0 Å². The van der Waals surface area contributed by atoms with Gasteiger partial charge in [-0.05, 0) is 36.1 Å². The molecule has 0 unspecified atom stereocenters. The van der Waals surface area contributed by atoms with Gasteiger partial charge in [0.1, 0.15) is 0 Å². The van der Waals surface area contributed by atoms with E-state index < -0.39 is 0 Å². The third kappa shape index (κ3) is 3.62. The van der Waals surface area contributed by atoms with E-state index in [2.05, 4.69) is 13.8 Å². The molecule has 0 atom stereocenters. The van der Waals surface area contributed by atoms with Crippen molar-refractivity contribution in [3.8, 4) is 0 Å². The molecule has 0 bridgehead atoms. The van der Waals surface area contributed by atoms with E-state index in [0.717, 1.165) is 6.42 Å². The van der Waals surface area contributed by atoms with Crippen LogP contribution < -0.4 is 0 Å². The molecule has 0 radical (unpaired) electrons. The highest BCUT2D eigenvalue weighted by Crippen LogP contribution is 2.24. The molecule has 2 aromatic carbocycles. The molecule has 0 fully saturated rings. The zero-order chi connectivity index (χ0) is 14.7. The Morgan fingerprint density at radius 3 is 2.10 bits per heavy atom. The Hall–Kier alpha value is -1.31. The van der Waals surface area contributed by atoms with Crippen molar-refractivity contribution in [2.75, 3.05) is 0 Å². The van der Waals surface area contributed by atoms with Crippen molar-refractivity contribution in [3.05, 3.63) is 69.2 Å². The van der Waals surface area contributed by atoms with Crippen LogP contribution >= 0.6 is 23.2 Å². The van der Waals surface area contributed by atoms with Gasteiger partial charge in [0.05, 0.1) is 10.0 Å². The smallest absolute Gasteiger partial charge is 0.193 e. The maximum absolute atomic E-state index is 12.3. The standard InChI is InChI=1S/C17H16Cl2O/c1-11(2)9-12-3-5-13(6-4-12)17(20)14-7-8-15(18)16(19)10-14/h3-8,10-11H,9H2,1-2H3. The Morgan fingerprint density at radius 2 is 1.55 bits per heavy atom. The topological polar surface area (TPSA) is 17.1 Å². The largest absolute Gasteiger partial charge is 0.289 e. The molecule has 2 rings (SSSR count). The van der Waals surface area contributed by atoms with Crippen molar-refractivity contribution >= 4 is 29.0 Å². The van der Waals surface area contributed by atoms with Crippen LogP contribution in [-0.4, -0.2) is 5.78 Å². The molecule has 0 aliphatic heterocycles. The predicted octanol–water partition coefficient (Wildman–Crippen LogP) is 5.42. The minimum atomic E-state index is -0.0420. The summed E-state index contributed by atoms with van der Waals surface area (Å²) in [6.45, 7) is 4.35. The van der Waals surface area contributed by atoms with Crippen molar-refractivity contribution < 1.29 is 4.79 Å². The Bertz CT molecular complexity index is 615. The Balaban J connectivity index is 2.22. The maximum Gasteiger partial charge on any atom is 0.193 e. The quantitative estimate of drug-likeness (QED) is 0.689. The van der Waals surface area contributed by atoms with E-state index in [4.69, 9.17) is 23.2 Å². The summed E-state index contributed by atoms with van der Waals surface area (Å²) in [5.74, 6) is 0.561. The van der Waals surface area contributed by atoms with Gasteiger partial charge in [0.25, 0.3) is 0 Å². The first-order valence-electron chi connectivity index (χ1n) is 6.56. The van der Waals surface area contributed by atoms with Gasteiger partial charge in [-0.3, -0.25) is 4.79 Å². The molecule has 2 aromatic rings. The first kappa shape index (κ1) is 15.1. The van der Waals surface area contributed by atoms with Crippen molar-refractivity contribution in [2.24, 2.45) is 5.92 Å². The van der Waals surface area contributed by atoms with E-state index in [-0.39, 0.29) is 5.78 Å². The molecule has 0 heterocycles. The second kappa shape index (κ2) is 6.43. The molecular formula is C17H16Cl2O. The number of benzene rings is 2. The van der Waals surface area contributed by atoms with E-state index in [1.165, 1.54) is 5.56 Å². The van der Waals surface area contributed by atoms with E-state index in [1.54, 1.807) is 18.2 Å². The first-order valence-corrected chi connectivity index (χ1v) is 7.31. The minimum Gasteiger partial charge on any atom is -0.289 e. The summed E-state index contributed by atoms with van der Waals surface area (Å²) in [4.78, 5) is 12.3. The molecule has 20 heavy (non-hydrogen) atoms. The van der Waals surface area contributed by atoms with E-state index in [0.29, 0.717) is 27.1 Å². The van der Waals surface area contributed by atoms with Crippen LogP contribution in [0.3, 0.4) is 0 Å². The van der Waals surface area contributed by atoms with Gasteiger partial charge in [-0.25, -0.2) is 0 Å². The SMILES string of the molecule is CC(C)Cc1ccc(C(=O)c2ccc(Cl)c(Cl)c2)cc1. The van der Waals surface area contributed by atoms with E-state index in [1.807, 2.05) is 24.3 Å².